The van der Waals surface area contributed by atoms with Crippen molar-refractivity contribution in [1.82, 2.24) is 0 Å². The van der Waals surface area contributed by atoms with Crippen molar-refractivity contribution in [2.75, 3.05) is 0 Å². The molecule has 0 amide bonds. The molecular formula is C15H21F2N. The SMILES string of the molecule is CCC1CCCC(N)(c2c(F)ccc(C)c2F)C1. The number of hydrogen-bond acceptors (Lipinski definition) is 1. The first kappa shape index (κ1) is 13.5. The van der Waals surface area contributed by atoms with E-state index in [2.05, 4.69) is 6.92 Å². The van der Waals surface area contributed by atoms with Crippen molar-refractivity contribution in [2.45, 2.75) is 51.5 Å². The maximum absolute atomic E-state index is 14.2. The molecule has 0 spiro atoms. The van der Waals surface area contributed by atoms with Crippen molar-refractivity contribution in [3.8, 4) is 0 Å². The van der Waals surface area contributed by atoms with E-state index in [1.54, 1.807) is 6.92 Å². The summed E-state index contributed by atoms with van der Waals surface area (Å²) in [5.74, 6) is -0.491. The molecule has 0 radical (unpaired) electrons. The van der Waals surface area contributed by atoms with Gasteiger partial charge in [0.2, 0.25) is 0 Å². The van der Waals surface area contributed by atoms with E-state index in [1.807, 2.05) is 0 Å². The van der Waals surface area contributed by atoms with Gasteiger partial charge in [0.05, 0.1) is 0 Å². The second kappa shape index (κ2) is 4.96. The minimum absolute atomic E-state index is 0.0978. The Kier molecular flexibility index (Phi) is 3.71. The van der Waals surface area contributed by atoms with Gasteiger partial charge in [-0.1, -0.05) is 32.3 Å². The third-order valence-corrected chi connectivity index (χ3v) is 4.25. The van der Waals surface area contributed by atoms with E-state index in [4.69, 9.17) is 5.73 Å². The molecule has 1 fully saturated rings. The van der Waals surface area contributed by atoms with Crippen molar-refractivity contribution in [3.63, 3.8) is 0 Å². The Balaban J connectivity index is 2.43. The number of halogens is 2. The number of benzene rings is 1. The van der Waals surface area contributed by atoms with Crippen LogP contribution in [0.4, 0.5) is 8.78 Å². The number of aryl methyl sites for hydroxylation is 1. The summed E-state index contributed by atoms with van der Waals surface area (Å²) in [6, 6.07) is 2.80. The molecule has 1 saturated carbocycles. The van der Waals surface area contributed by atoms with Gasteiger partial charge in [0, 0.05) is 11.1 Å². The summed E-state index contributed by atoms with van der Waals surface area (Å²) in [5.41, 5.74) is 6.07. The summed E-state index contributed by atoms with van der Waals surface area (Å²) in [6.07, 6.45) is 4.43. The van der Waals surface area contributed by atoms with E-state index in [0.717, 1.165) is 19.3 Å². The highest BCUT2D eigenvalue weighted by Crippen LogP contribution is 2.41. The fourth-order valence-electron chi connectivity index (χ4n) is 3.11. The molecule has 100 valence electrons. The molecule has 2 N–H and O–H groups in total. The molecule has 1 nitrogen and oxygen atoms in total. The van der Waals surface area contributed by atoms with E-state index in [0.29, 0.717) is 24.3 Å². The highest BCUT2D eigenvalue weighted by Gasteiger charge is 2.38. The quantitative estimate of drug-likeness (QED) is 0.846. The summed E-state index contributed by atoms with van der Waals surface area (Å²) >= 11 is 0. The van der Waals surface area contributed by atoms with E-state index >= 15 is 0 Å². The minimum Gasteiger partial charge on any atom is -0.321 e. The molecule has 0 aliphatic heterocycles. The highest BCUT2D eigenvalue weighted by atomic mass is 19.1. The van der Waals surface area contributed by atoms with Crippen LogP contribution in [-0.2, 0) is 5.54 Å². The number of nitrogens with two attached hydrogens (primary N) is 1. The molecule has 2 rings (SSSR count). The Morgan fingerprint density at radius 2 is 2.11 bits per heavy atom. The summed E-state index contributed by atoms with van der Waals surface area (Å²) in [7, 11) is 0. The molecule has 0 heterocycles. The van der Waals surface area contributed by atoms with Crippen molar-refractivity contribution >= 4 is 0 Å². The zero-order valence-corrected chi connectivity index (χ0v) is 11.1. The van der Waals surface area contributed by atoms with Gasteiger partial charge < -0.3 is 5.73 Å². The average molecular weight is 253 g/mol. The lowest BCUT2D eigenvalue weighted by Gasteiger charge is -2.38. The summed E-state index contributed by atoms with van der Waals surface area (Å²) in [4.78, 5) is 0. The van der Waals surface area contributed by atoms with Crippen molar-refractivity contribution < 1.29 is 8.78 Å². The van der Waals surface area contributed by atoms with Gasteiger partial charge >= 0.3 is 0 Å². The van der Waals surface area contributed by atoms with Crippen LogP contribution in [0.5, 0.6) is 0 Å². The zero-order valence-electron chi connectivity index (χ0n) is 11.1. The Morgan fingerprint density at radius 1 is 1.39 bits per heavy atom. The number of hydrogen-bond donors (Lipinski definition) is 1. The minimum atomic E-state index is -0.834. The third-order valence-electron chi connectivity index (χ3n) is 4.25. The van der Waals surface area contributed by atoms with Gasteiger partial charge in [-0.05, 0) is 37.3 Å². The highest BCUT2D eigenvalue weighted by molar-refractivity contribution is 5.33. The molecule has 3 heteroatoms. The fourth-order valence-corrected chi connectivity index (χ4v) is 3.11. The maximum Gasteiger partial charge on any atom is 0.134 e. The number of rotatable bonds is 2. The second-order valence-electron chi connectivity index (χ2n) is 5.58. The van der Waals surface area contributed by atoms with Crippen LogP contribution in [0.1, 0.15) is 50.2 Å². The molecule has 0 bridgehead atoms. The molecule has 0 aromatic heterocycles. The van der Waals surface area contributed by atoms with E-state index in [-0.39, 0.29) is 5.56 Å². The van der Waals surface area contributed by atoms with Crippen LogP contribution in [0.15, 0.2) is 12.1 Å². The van der Waals surface area contributed by atoms with Gasteiger partial charge in [-0.3, -0.25) is 0 Å². The predicted molar refractivity (Wildman–Crippen MR) is 69.2 cm³/mol. The third kappa shape index (κ3) is 2.28. The lowest BCUT2D eigenvalue weighted by molar-refractivity contribution is 0.210. The topological polar surface area (TPSA) is 26.0 Å². The summed E-state index contributed by atoms with van der Waals surface area (Å²) in [6.45, 7) is 3.77. The first-order chi connectivity index (χ1) is 8.48. The van der Waals surface area contributed by atoms with Crippen LogP contribution < -0.4 is 5.73 Å². The first-order valence-electron chi connectivity index (χ1n) is 6.72. The molecule has 1 aliphatic carbocycles. The fraction of sp³-hybridized carbons (Fsp3) is 0.600. The Hall–Kier alpha value is -0.960. The Morgan fingerprint density at radius 3 is 2.78 bits per heavy atom. The molecule has 1 aliphatic rings. The molecule has 2 atom stereocenters. The second-order valence-corrected chi connectivity index (χ2v) is 5.58. The standard InChI is InChI=1S/C15H21F2N/c1-3-11-5-4-8-15(18,9-11)13-12(16)7-6-10(2)14(13)17/h6-7,11H,3-5,8-9,18H2,1-2H3. The van der Waals surface area contributed by atoms with E-state index in [9.17, 15) is 8.78 Å². The van der Waals surface area contributed by atoms with Crippen LogP contribution >= 0.6 is 0 Å². The van der Waals surface area contributed by atoms with Gasteiger partial charge in [0.25, 0.3) is 0 Å². The zero-order chi connectivity index (χ0) is 13.3. The van der Waals surface area contributed by atoms with Crippen LogP contribution in [0.2, 0.25) is 0 Å². The maximum atomic E-state index is 14.2. The van der Waals surface area contributed by atoms with Crippen molar-refractivity contribution in [1.29, 1.82) is 0 Å². The Bertz CT molecular complexity index is 444. The van der Waals surface area contributed by atoms with Crippen LogP contribution in [-0.4, -0.2) is 0 Å². The smallest absolute Gasteiger partial charge is 0.134 e. The predicted octanol–water partition coefficient (Wildman–Crippen LogP) is 4.03. The first-order valence-corrected chi connectivity index (χ1v) is 6.72. The monoisotopic (exact) mass is 253 g/mol. The van der Waals surface area contributed by atoms with E-state index in [1.165, 1.54) is 12.1 Å². The normalized spacial score (nSPS) is 28.4. The van der Waals surface area contributed by atoms with Gasteiger partial charge in [-0.25, -0.2) is 8.78 Å². The molecule has 18 heavy (non-hydrogen) atoms. The van der Waals surface area contributed by atoms with Crippen molar-refractivity contribution in [2.24, 2.45) is 11.7 Å². The van der Waals surface area contributed by atoms with Gasteiger partial charge in [-0.15, -0.1) is 0 Å². The van der Waals surface area contributed by atoms with Gasteiger partial charge in [0.1, 0.15) is 11.6 Å². The van der Waals surface area contributed by atoms with Crippen LogP contribution in [0, 0.1) is 24.5 Å². The lowest BCUT2D eigenvalue weighted by atomic mass is 9.71. The molecule has 1 aromatic rings. The molecular weight excluding hydrogens is 232 g/mol. The molecule has 2 unspecified atom stereocenters. The molecule has 0 saturated heterocycles. The molecule has 1 aromatic carbocycles. The van der Waals surface area contributed by atoms with Crippen LogP contribution in [0.3, 0.4) is 0 Å². The van der Waals surface area contributed by atoms with Crippen molar-refractivity contribution in [3.05, 3.63) is 34.9 Å². The van der Waals surface area contributed by atoms with Gasteiger partial charge in [0.15, 0.2) is 0 Å². The van der Waals surface area contributed by atoms with Gasteiger partial charge in [-0.2, -0.15) is 0 Å². The summed E-state index contributed by atoms with van der Waals surface area (Å²) < 4.78 is 28.2. The largest absolute Gasteiger partial charge is 0.321 e. The summed E-state index contributed by atoms with van der Waals surface area (Å²) in [5, 5.41) is 0. The van der Waals surface area contributed by atoms with Crippen LogP contribution in [0.25, 0.3) is 0 Å². The average Bonchev–Trinajstić information content (AvgIpc) is 2.34. The lowest BCUT2D eigenvalue weighted by Crippen LogP contribution is -2.43. The van der Waals surface area contributed by atoms with E-state index < -0.39 is 17.2 Å². The Labute approximate surface area is 107 Å².